The molecule has 0 saturated carbocycles. The zero-order valence-electron chi connectivity index (χ0n) is 15.6. The second kappa shape index (κ2) is 7.79. The van der Waals surface area contributed by atoms with E-state index < -0.39 is 0 Å². The lowest BCUT2D eigenvalue weighted by molar-refractivity contribution is 0.340. The maximum atomic E-state index is 6.09. The van der Waals surface area contributed by atoms with Gasteiger partial charge in [0.1, 0.15) is 5.75 Å². The topological polar surface area (TPSA) is 26.5 Å². The molecule has 0 atom stereocenters. The Bertz CT molecular complexity index is 940. The van der Waals surface area contributed by atoms with E-state index in [2.05, 4.69) is 41.6 Å². The summed E-state index contributed by atoms with van der Waals surface area (Å²) in [6.45, 7) is 8.90. The standard InChI is InChI=1S/C22H23ClN2O/c1-5-26-21-10-8-20(9-11-21)25-16(3)12-18(17(25)4)14-24-22-13-19(23)7-6-15(22)2/h6-14H,5H2,1-4H3. The third kappa shape index (κ3) is 3.83. The van der Waals surface area contributed by atoms with Crippen molar-refractivity contribution in [2.24, 2.45) is 4.99 Å². The lowest BCUT2D eigenvalue weighted by Gasteiger charge is -2.11. The van der Waals surface area contributed by atoms with Gasteiger partial charge in [-0.15, -0.1) is 0 Å². The molecule has 134 valence electrons. The van der Waals surface area contributed by atoms with E-state index in [4.69, 9.17) is 16.3 Å². The number of aliphatic imine (C=N–C) groups is 1. The average molecular weight is 367 g/mol. The largest absolute Gasteiger partial charge is 0.494 e. The van der Waals surface area contributed by atoms with Crippen LogP contribution < -0.4 is 4.74 Å². The minimum Gasteiger partial charge on any atom is -0.494 e. The van der Waals surface area contributed by atoms with Crippen LogP contribution in [0.4, 0.5) is 5.69 Å². The third-order valence-electron chi connectivity index (χ3n) is 4.39. The molecule has 3 aromatic rings. The third-order valence-corrected chi connectivity index (χ3v) is 4.63. The molecule has 0 aliphatic rings. The number of aromatic nitrogens is 1. The van der Waals surface area contributed by atoms with E-state index in [-0.39, 0.29) is 0 Å². The van der Waals surface area contributed by atoms with E-state index in [1.807, 2.05) is 50.4 Å². The van der Waals surface area contributed by atoms with Crippen LogP contribution in [0.5, 0.6) is 5.75 Å². The molecule has 1 heterocycles. The van der Waals surface area contributed by atoms with Crippen LogP contribution in [0.15, 0.2) is 53.5 Å². The quantitative estimate of drug-likeness (QED) is 0.493. The van der Waals surface area contributed by atoms with E-state index in [0.29, 0.717) is 11.6 Å². The molecule has 0 N–H and O–H groups in total. The highest BCUT2D eigenvalue weighted by molar-refractivity contribution is 6.30. The number of rotatable bonds is 5. The second-order valence-electron chi connectivity index (χ2n) is 6.28. The SMILES string of the molecule is CCOc1ccc(-n2c(C)cc(C=Nc3cc(Cl)ccc3C)c2C)cc1. The first-order valence-electron chi connectivity index (χ1n) is 8.72. The minimum absolute atomic E-state index is 0.671. The van der Waals surface area contributed by atoms with Gasteiger partial charge >= 0.3 is 0 Å². The maximum Gasteiger partial charge on any atom is 0.119 e. The fourth-order valence-corrected chi connectivity index (χ4v) is 3.20. The molecule has 2 aromatic carbocycles. The van der Waals surface area contributed by atoms with Crippen molar-refractivity contribution in [1.82, 2.24) is 4.57 Å². The van der Waals surface area contributed by atoms with Crippen LogP contribution >= 0.6 is 11.6 Å². The van der Waals surface area contributed by atoms with Gasteiger partial charge in [-0.2, -0.15) is 0 Å². The fraction of sp³-hybridized carbons (Fsp3) is 0.227. The van der Waals surface area contributed by atoms with Crippen LogP contribution in [0, 0.1) is 20.8 Å². The van der Waals surface area contributed by atoms with E-state index in [1.54, 1.807) is 0 Å². The van der Waals surface area contributed by atoms with Gasteiger partial charge in [-0.1, -0.05) is 17.7 Å². The van der Waals surface area contributed by atoms with E-state index in [9.17, 15) is 0 Å². The van der Waals surface area contributed by atoms with Gasteiger partial charge in [0.15, 0.2) is 0 Å². The maximum absolute atomic E-state index is 6.09. The highest BCUT2D eigenvalue weighted by Crippen LogP contribution is 2.25. The minimum atomic E-state index is 0.671. The molecule has 0 bridgehead atoms. The van der Waals surface area contributed by atoms with Gasteiger partial charge in [-0.3, -0.25) is 4.99 Å². The second-order valence-corrected chi connectivity index (χ2v) is 6.71. The Kier molecular flexibility index (Phi) is 5.48. The van der Waals surface area contributed by atoms with Gasteiger partial charge in [-0.25, -0.2) is 0 Å². The number of hydrogen-bond acceptors (Lipinski definition) is 2. The Hall–Kier alpha value is -2.52. The van der Waals surface area contributed by atoms with Crippen molar-refractivity contribution >= 4 is 23.5 Å². The average Bonchev–Trinajstić information content (AvgIpc) is 2.90. The fourth-order valence-electron chi connectivity index (χ4n) is 3.03. The highest BCUT2D eigenvalue weighted by atomic mass is 35.5. The first-order chi connectivity index (χ1) is 12.5. The molecule has 1 aromatic heterocycles. The number of hydrogen-bond donors (Lipinski definition) is 0. The molecular weight excluding hydrogens is 344 g/mol. The summed E-state index contributed by atoms with van der Waals surface area (Å²) in [7, 11) is 0. The number of aryl methyl sites for hydroxylation is 2. The van der Waals surface area contributed by atoms with Crippen LogP contribution in [0.1, 0.15) is 29.4 Å². The number of halogens is 1. The molecule has 0 radical (unpaired) electrons. The number of ether oxygens (including phenoxy) is 1. The smallest absolute Gasteiger partial charge is 0.119 e. The van der Waals surface area contributed by atoms with Gasteiger partial charge < -0.3 is 9.30 Å². The van der Waals surface area contributed by atoms with Crippen molar-refractivity contribution in [2.75, 3.05) is 6.61 Å². The van der Waals surface area contributed by atoms with Crippen LogP contribution in [-0.4, -0.2) is 17.4 Å². The molecule has 0 spiro atoms. The summed E-state index contributed by atoms with van der Waals surface area (Å²) in [5.41, 5.74) is 6.51. The van der Waals surface area contributed by atoms with Crippen molar-refractivity contribution in [1.29, 1.82) is 0 Å². The molecule has 0 unspecified atom stereocenters. The van der Waals surface area contributed by atoms with E-state index in [1.165, 1.54) is 0 Å². The van der Waals surface area contributed by atoms with Gasteiger partial charge in [-0.05, 0) is 75.7 Å². The lowest BCUT2D eigenvalue weighted by atomic mass is 10.2. The summed E-state index contributed by atoms with van der Waals surface area (Å²) in [6, 6.07) is 16.1. The van der Waals surface area contributed by atoms with E-state index in [0.717, 1.165) is 39.6 Å². The summed E-state index contributed by atoms with van der Waals surface area (Å²) in [4.78, 5) is 4.64. The first kappa shape index (κ1) is 18.3. The summed E-state index contributed by atoms with van der Waals surface area (Å²) in [5.74, 6) is 0.886. The van der Waals surface area contributed by atoms with Gasteiger partial charge in [0.2, 0.25) is 0 Å². The molecule has 4 heteroatoms. The zero-order chi connectivity index (χ0) is 18.7. The Morgan fingerprint density at radius 2 is 1.77 bits per heavy atom. The van der Waals surface area contributed by atoms with Gasteiger partial charge in [0.25, 0.3) is 0 Å². The monoisotopic (exact) mass is 366 g/mol. The molecule has 26 heavy (non-hydrogen) atoms. The predicted octanol–water partition coefficient (Wildman–Crippen LogP) is 6.21. The van der Waals surface area contributed by atoms with E-state index >= 15 is 0 Å². The van der Waals surface area contributed by atoms with Crippen LogP contribution in [0.2, 0.25) is 5.02 Å². The van der Waals surface area contributed by atoms with Gasteiger partial charge in [0, 0.05) is 33.9 Å². The number of benzene rings is 2. The highest BCUT2D eigenvalue weighted by Gasteiger charge is 2.10. The van der Waals surface area contributed by atoms with Crippen molar-refractivity contribution in [3.63, 3.8) is 0 Å². The molecule has 0 amide bonds. The summed E-state index contributed by atoms with van der Waals surface area (Å²) >= 11 is 6.09. The molecule has 0 aliphatic heterocycles. The summed E-state index contributed by atoms with van der Waals surface area (Å²) in [5, 5.41) is 0.697. The zero-order valence-corrected chi connectivity index (χ0v) is 16.3. The molecule has 3 rings (SSSR count). The molecule has 0 saturated heterocycles. The van der Waals surface area contributed by atoms with Crippen molar-refractivity contribution < 1.29 is 4.74 Å². The Labute approximate surface area is 159 Å². The molecule has 0 aliphatic carbocycles. The normalized spacial score (nSPS) is 11.3. The van der Waals surface area contributed by atoms with Crippen LogP contribution in [-0.2, 0) is 0 Å². The van der Waals surface area contributed by atoms with Crippen LogP contribution in [0.25, 0.3) is 5.69 Å². The lowest BCUT2D eigenvalue weighted by Crippen LogP contribution is -2.00. The van der Waals surface area contributed by atoms with Crippen molar-refractivity contribution in [3.05, 3.63) is 76.1 Å². The molecule has 0 fully saturated rings. The Morgan fingerprint density at radius 3 is 2.46 bits per heavy atom. The van der Waals surface area contributed by atoms with Crippen molar-refractivity contribution in [2.45, 2.75) is 27.7 Å². The molecular formula is C22H23ClN2O. The predicted molar refractivity (Wildman–Crippen MR) is 110 cm³/mol. The Morgan fingerprint density at radius 1 is 1.04 bits per heavy atom. The first-order valence-corrected chi connectivity index (χ1v) is 9.09. The van der Waals surface area contributed by atoms with Crippen molar-refractivity contribution in [3.8, 4) is 11.4 Å². The number of nitrogens with zero attached hydrogens (tertiary/aromatic N) is 2. The molecule has 3 nitrogen and oxygen atoms in total. The summed E-state index contributed by atoms with van der Waals surface area (Å²) < 4.78 is 7.75. The summed E-state index contributed by atoms with van der Waals surface area (Å²) in [6.07, 6.45) is 1.91. The van der Waals surface area contributed by atoms with Crippen LogP contribution in [0.3, 0.4) is 0 Å². The Balaban J connectivity index is 1.92. The van der Waals surface area contributed by atoms with Gasteiger partial charge in [0.05, 0.1) is 12.3 Å².